The fourth-order valence-corrected chi connectivity index (χ4v) is 4.41. The number of nitrogens with one attached hydrogen (secondary N) is 1. The van der Waals surface area contributed by atoms with E-state index in [1.54, 1.807) is 6.07 Å². The van der Waals surface area contributed by atoms with Gasteiger partial charge >= 0.3 is 5.97 Å². The number of likely N-dealkylation sites (tertiary alicyclic amines) is 1. The molecule has 1 aliphatic rings. The number of aliphatic hydroxyl groups is 1. The topological polar surface area (TPSA) is 76.6 Å². The predicted octanol–water partition coefficient (Wildman–Crippen LogP) is 3.50. The van der Waals surface area contributed by atoms with Gasteiger partial charge in [0, 0.05) is 29.7 Å². The standard InChI is InChI=1S/C23H25FN2O3/c1-15-18-11-17(24)7-8-19(18)25-20(15)13-26-10-9-23(22(28)29,21(27)14-26)12-16-5-3-2-4-6-16/h2-8,11,21,25,27H,9-10,12-14H2,1H3,(H,28,29)/t21-,23+/m0/s1. The Morgan fingerprint density at radius 1 is 1.28 bits per heavy atom. The summed E-state index contributed by atoms with van der Waals surface area (Å²) in [5, 5.41) is 21.7. The second-order valence-corrected chi connectivity index (χ2v) is 8.04. The number of carbonyl (C=O) groups is 1. The highest BCUT2D eigenvalue weighted by Gasteiger charge is 2.48. The van der Waals surface area contributed by atoms with Crippen LogP contribution < -0.4 is 0 Å². The van der Waals surface area contributed by atoms with E-state index in [0.717, 1.165) is 27.7 Å². The van der Waals surface area contributed by atoms with Gasteiger partial charge in [-0.15, -0.1) is 0 Å². The van der Waals surface area contributed by atoms with Gasteiger partial charge in [-0.25, -0.2) is 4.39 Å². The lowest BCUT2D eigenvalue weighted by Gasteiger charge is -2.43. The van der Waals surface area contributed by atoms with Crippen molar-refractivity contribution in [2.24, 2.45) is 5.41 Å². The number of aromatic nitrogens is 1. The zero-order valence-corrected chi connectivity index (χ0v) is 16.4. The molecule has 0 saturated carbocycles. The lowest BCUT2D eigenvalue weighted by molar-refractivity contribution is -0.163. The average Bonchev–Trinajstić information content (AvgIpc) is 3.00. The van der Waals surface area contributed by atoms with Crippen LogP contribution in [-0.4, -0.2) is 45.3 Å². The maximum Gasteiger partial charge on any atom is 0.312 e. The second kappa shape index (κ2) is 7.61. The van der Waals surface area contributed by atoms with Crippen LogP contribution in [-0.2, 0) is 17.8 Å². The highest BCUT2D eigenvalue weighted by atomic mass is 19.1. The van der Waals surface area contributed by atoms with E-state index >= 15 is 0 Å². The molecule has 6 heteroatoms. The highest BCUT2D eigenvalue weighted by molar-refractivity contribution is 5.84. The average molecular weight is 396 g/mol. The Balaban J connectivity index is 1.52. The summed E-state index contributed by atoms with van der Waals surface area (Å²) in [6.07, 6.45) is -0.300. The first-order valence-electron chi connectivity index (χ1n) is 9.83. The van der Waals surface area contributed by atoms with Crippen LogP contribution in [0.25, 0.3) is 10.9 Å². The highest BCUT2D eigenvalue weighted by Crippen LogP contribution is 2.37. The number of nitrogens with zero attached hydrogens (tertiary/aromatic N) is 1. The summed E-state index contributed by atoms with van der Waals surface area (Å²) < 4.78 is 13.6. The first-order chi connectivity index (χ1) is 13.9. The van der Waals surface area contributed by atoms with E-state index in [9.17, 15) is 19.4 Å². The lowest BCUT2D eigenvalue weighted by Crippen LogP contribution is -2.55. The number of aliphatic hydroxyl groups excluding tert-OH is 1. The Labute approximate surface area is 168 Å². The van der Waals surface area contributed by atoms with Crippen molar-refractivity contribution in [1.82, 2.24) is 9.88 Å². The van der Waals surface area contributed by atoms with Crippen molar-refractivity contribution < 1.29 is 19.4 Å². The third-order valence-corrected chi connectivity index (χ3v) is 6.24. The summed E-state index contributed by atoms with van der Waals surface area (Å²) >= 11 is 0. The number of β-amino-alcohol motifs (C(OH)–C–C–N with tert-alkyl or cyclic N) is 1. The van der Waals surface area contributed by atoms with E-state index in [1.807, 2.05) is 37.3 Å². The fraction of sp³-hybridized carbons (Fsp3) is 0.348. The molecule has 0 spiro atoms. The summed E-state index contributed by atoms with van der Waals surface area (Å²) in [5.74, 6) is -1.22. The maximum absolute atomic E-state index is 13.6. The molecule has 4 rings (SSSR count). The van der Waals surface area contributed by atoms with Crippen LogP contribution in [0.1, 0.15) is 23.2 Å². The zero-order chi connectivity index (χ0) is 20.6. The van der Waals surface area contributed by atoms with Crippen molar-refractivity contribution in [1.29, 1.82) is 0 Å². The molecule has 2 atom stereocenters. The number of rotatable bonds is 5. The van der Waals surface area contributed by atoms with E-state index in [4.69, 9.17) is 0 Å². The summed E-state index contributed by atoms with van der Waals surface area (Å²) in [5.41, 5.74) is 2.55. The van der Waals surface area contributed by atoms with Crippen LogP contribution in [0.2, 0.25) is 0 Å². The number of halogens is 1. The van der Waals surface area contributed by atoms with Crippen molar-refractivity contribution in [3.63, 3.8) is 0 Å². The number of hydrogen-bond acceptors (Lipinski definition) is 3. The van der Waals surface area contributed by atoms with Gasteiger partial charge < -0.3 is 15.2 Å². The third kappa shape index (κ3) is 3.66. The van der Waals surface area contributed by atoms with Crippen molar-refractivity contribution >= 4 is 16.9 Å². The Bertz CT molecular complexity index is 1030. The quantitative estimate of drug-likeness (QED) is 0.617. The van der Waals surface area contributed by atoms with Gasteiger partial charge in [-0.05, 0) is 55.6 Å². The number of aromatic amines is 1. The molecule has 29 heavy (non-hydrogen) atoms. The van der Waals surface area contributed by atoms with E-state index in [2.05, 4.69) is 9.88 Å². The largest absolute Gasteiger partial charge is 0.481 e. The van der Waals surface area contributed by atoms with Gasteiger partial charge in [-0.1, -0.05) is 30.3 Å². The molecule has 3 aromatic rings. The summed E-state index contributed by atoms with van der Waals surface area (Å²) in [6, 6.07) is 14.1. The third-order valence-electron chi connectivity index (χ3n) is 6.24. The number of H-pyrrole nitrogens is 1. The molecule has 0 unspecified atom stereocenters. The lowest BCUT2D eigenvalue weighted by atomic mass is 9.71. The van der Waals surface area contributed by atoms with Crippen molar-refractivity contribution in [3.05, 3.63) is 71.2 Å². The molecule has 0 amide bonds. The number of piperidine rings is 1. The Morgan fingerprint density at radius 3 is 2.72 bits per heavy atom. The van der Waals surface area contributed by atoms with E-state index in [0.29, 0.717) is 25.9 Å². The van der Waals surface area contributed by atoms with E-state index in [1.165, 1.54) is 12.1 Å². The number of benzene rings is 2. The molecule has 1 aromatic heterocycles. The molecule has 5 nitrogen and oxygen atoms in total. The predicted molar refractivity (Wildman–Crippen MR) is 109 cm³/mol. The van der Waals surface area contributed by atoms with Crippen molar-refractivity contribution in [3.8, 4) is 0 Å². The van der Waals surface area contributed by atoms with Crippen LogP contribution in [0.5, 0.6) is 0 Å². The van der Waals surface area contributed by atoms with Crippen LogP contribution >= 0.6 is 0 Å². The number of carboxylic acid groups (broad SMARTS) is 1. The molecule has 2 heterocycles. The second-order valence-electron chi connectivity index (χ2n) is 8.04. The van der Waals surface area contributed by atoms with E-state index in [-0.39, 0.29) is 12.4 Å². The van der Waals surface area contributed by atoms with Crippen LogP contribution in [0.3, 0.4) is 0 Å². The number of hydrogen-bond donors (Lipinski definition) is 3. The van der Waals surface area contributed by atoms with Gasteiger partial charge in [0.1, 0.15) is 11.2 Å². The number of aliphatic carboxylic acids is 1. The molecule has 0 aliphatic carbocycles. The Morgan fingerprint density at radius 2 is 2.03 bits per heavy atom. The molecule has 1 fully saturated rings. The minimum absolute atomic E-state index is 0.272. The van der Waals surface area contributed by atoms with Gasteiger partial charge in [0.05, 0.1) is 6.10 Å². The first kappa shape index (κ1) is 19.6. The smallest absolute Gasteiger partial charge is 0.312 e. The van der Waals surface area contributed by atoms with Gasteiger partial charge in [0.2, 0.25) is 0 Å². The van der Waals surface area contributed by atoms with Crippen LogP contribution in [0.15, 0.2) is 48.5 Å². The molecule has 1 saturated heterocycles. The normalized spacial score (nSPS) is 22.8. The molecule has 0 bridgehead atoms. The molecule has 152 valence electrons. The van der Waals surface area contributed by atoms with Crippen LogP contribution in [0, 0.1) is 18.2 Å². The number of fused-ring (bicyclic) bond motifs is 1. The Hall–Kier alpha value is -2.70. The van der Waals surface area contributed by atoms with E-state index < -0.39 is 17.5 Å². The first-order valence-corrected chi connectivity index (χ1v) is 9.83. The molecular weight excluding hydrogens is 371 g/mol. The molecule has 2 aromatic carbocycles. The monoisotopic (exact) mass is 396 g/mol. The zero-order valence-electron chi connectivity index (χ0n) is 16.4. The van der Waals surface area contributed by atoms with Gasteiger partial charge in [0.25, 0.3) is 0 Å². The molecule has 0 radical (unpaired) electrons. The minimum atomic E-state index is -1.18. The van der Waals surface area contributed by atoms with Gasteiger partial charge in [-0.2, -0.15) is 0 Å². The summed E-state index contributed by atoms with van der Waals surface area (Å²) in [6.45, 7) is 3.35. The van der Waals surface area contributed by atoms with Crippen molar-refractivity contribution in [2.75, 3.05) is 13.1 Å². The number of carboxylic acids is 1. The molecular formula is C23H25FN2O3. The summed E-state index contributed by atoms with van der Waals surface area (Å²) in [7, 11) is 0. The van der Waals surface area contributed by atoms with Crippen LogP contribution in [0.4, 0.5) is 4.39 Å². The Kier molecular flexibility index (Phi) is 5.15. The minimum Gasteiger partial charge on any atom is -0.481 e. The maximum atomic E-state index is 13.6. The van der Waals surface area contributed by atoms with Crippen molar-refractivity contribution in [2.45, 2.75) is 32.4 Å². The summed E-state index contributed by atoms with van der Waals surface area (Å²) in [4.78, 5) is 17.5. The van der Waals surface area contributed by atoms with Gasteiger partial charge in [-0.3, -0.25) is 9.69 Å². The van der Waals surface area contributed by atoms with Gasteiger partial charge in [0.15, 0.2) is 0 Å². The SMILES string of the molecule is Cc1c(CN2CC[C@](Cc3ccccc3)(C(=O)O)[C@@H](O)C2)[nH]c2ccc(F)cc12. The molecule has 1 aliphatic heterocycles. The molecule has 3 N–H and O–H groups in total. The number of aryl methyl sites for hydroxylation is 1. The fourth-order valence-electron chi connectivity index (χ4n) is 4.41.